The summed E-state index contributed by atoms with van der Waals surface area (Å²) in [6.45, 7) is 1.74. The summed E-state index contributed by atoms with van der Waals surface area (Å²) in [5.41, 5.74) is 0.833. The van der Waals surface area contributed by atoms with Gasteiger partial charge in [-0.15, -0.1) is 5.10 Å². The number of hydrogen-bond donors (Lipinski definition) is 1. The predicted molar refractivity (Wildman–Crippen MR) is 43.5 cm³/mol. The molecule has 66 valence electrons. The number of rotatable bonds is 2. The molecule has 4 nitrogen and oxygen atoms in total. The summed E-state index contributed by atoms with van der Waals surface area (Å²) in [6, 6.07) is 0.483. The van der Waals surface area contributed by atoms with Crippen molar-refractivity contribution in [3.05, 3.63) is 11.9 Å². The molecule has 0 radical (unpaired) electrons. The van der Waals surface area contributed by atoms with Gasteiger partial charge >= 0.3 is 0 Å². The molecule has 0 unspecified atom stereocenters. The minimum atomic E-state index is -0.458. The third-order valence-electron chi connectivity index (χ3n) is 2.45. The molecule has 0 spiro atoms. The molecule has 0 bridgehead atoms. The van der Waals surface area contributed by atoms with Crippen molar-refractivity contribution in [2.45, 2.75) is 38.3 Å². The van der Waals surface area contributed by atoms with Gasteiger partial charge in [0.1, 0.15) is 0 Å². The van der Waals surface area contributed by atoms with Crippen molar-refractivity contribution in [2.24, 2.45) is 0 Å². The van der Waals surface area contributed by atoms with Crippen molar-refractivity contribution in [2.75, 3.05) is 0 Å². The van der Waals surface area contributed by atoms with E-state index in [9.17, 15) is 5.11 Å². The summed E-state index contributed by atoms with van der Waals surface area (Å²) in [6.07, 6.45) is 4.79. The van der Waals surface area contributed by atoms with Gasteiger partial charge in [-0.2, -0.15) is 0 Å². The van der Waals surface area contributed by atoms with Crippen LogP contribution >= 0.6 is 0 Å². The summed E-state index contributed by atoms with van der Waals surface area (Å²) in [5, 5.41) is 17.1. The molecule has 4 heteroatoms. The molecule has 1 N–H and O–H groups in total. The SMILES string of the molecule is C[C@@H](O)c1cnnn1C1CCC1. The van der Waals surface area contributed by atoms with E-state index in [0.29, 0.717) is 6.04 Å². The Labute approximate surface area is 71.2 Å². The summed E-state index contributed by atoms with van der Waals surface area (Å²) in [5.74, 6) is 0. The van der Waals surface area contributed by atoms with Crippen LogP contribution in [0.4, 0.5) is 0 Å². The maximum absolute atomic E-state index is 9.36. The van der Waals surface area contributed by atoms with Gasteiger partial charge in [-0.05, 0) is 26.2 Å². The van der Waals surface area contributed by atoms with Crippen LogP contribution in [0.15, 0.2) is 6.20 Å². The molecule has 0 saturated heterocycles. The lowest BCUT2D eigenvalue weighted by molar-refractivity contribution is 0.172. The topological polar surface area (TPSA) is 50.9 Å². The highest BCUT2D eigenvalue weighted by Crippen LogP contribution is 2.32. The van der Waals surface area contributed by atoms with Crippen LogP contribution in [0.5, 0.6) is 0 Å². The normalized spacial score (nSPS) is 20.5. The molecule has 2 rings (SSSR count). The van der Waals surface area contributed by atoms with E-state index in [1.807, 2.05) is 4.68 Å². The minimum Gasteiger partial charge on any atom is -0.387 e. The molecule has 0 aliphatic heterocycles. The Morgan fingerprint density at radius 1 is 1.67 bits per heavy atom. The molecular weight excluding hydrogens is 154 g/mol. The number of hydrogen-bond acceptors (Lipinski definition) is 3. The summed E-state index contributed by atoms with van der Waals surface area (Å²) in [4.78, 5) is 0. The Morgan fingerprint density at radius 3 is 2.92 bits per heavy atom. The van der Waals surface area contributed by atoms with E-state index in [1.54, 1.807) is 13.1 Å². The lowest BCUT2D eigenvalue weighted by atomic mass is 9.93. The number of aromatic nitrogens is 3. The first kappa shape index (κ1) is 7.73. The van der Waals surface area contributed by atoms with E-state index in [4.69, 9.17) is 0 Å². The molecule has 0 aromatic carbocycles. The Morgan fingerprint density at radius 2 is 2.42 bits per heavy atom. The minimum absolute atomic E-state index is 0.458. The molecule has 1 aromatic rings. The zero-order chi connectivity index (χ0) is 8.55. The maximum Gasteiger partial charge on any atom is 0.0945 e. The second-order valence-electron chi connectivity index (χ2n) is 3.36. The lowest BCUT2D eigenvalue weighted by Crippen LogP contribution is -2.21. The van der Waals surface area contributed by atoms with Crippen molar-refractivity contribution < 1.29 is 5.11 Å². The van der Waals surface area contributed by atoms with Crippen molar-refractivity contribution >= 4 is 0 Å². The average Bonchev–Trinajstić information content (AvgIpc) is 2.31. The number of aliphatic hydroxyl groups excluding tert-OH is 1. The van der Waals surface area contributed by atoms with E-state index in [0.717, 1.165) is 5.69 Å². The monoisotopic (exact) mass is 167 g/mol. The molecular formula is C8H13N3O. The molecule has 1 heterocycles. The Balaban J connectivity index is 2.23. The lowest BCUT2D eigenvalue weighted by Gasteiger charge is -2.27. The summed E-state index contributed by atoms with van der Waals surface area (Å²) in [7, 11) is 0. The van der Waals surface area contributed by atoms with E-state index >= 15 is 0 Å². The second-order valence-corrected chi connectivity index (χ2v) is 3.36. The van der Waals surface area contributed by atoms with Gasteiger partial charge in [-0.1, -0.05) is 5.21 Å². The van der Waals surface area contributed by atoms with Crippen molar-refractivity contribution in [1.29, 1.82) is 0 Å². The first-order valence-corrected chi connectivity index (χ1v) is 4.37. The van der Waals surface area contributed by atoms with E-state index in [1.165, 1.54) is 19.3 Å². The molecule has 1 aliphatic carbocycles. The van der Waals surface area contributed by atoms with Crippen LogP contribution in [0.3, 0.4) is 0 Å². The van der Waals surface area contributed by atoms with Crippen LogP contribution in [-0.2, 0) is 0 Å². The highest BCUT2D eigenvalue weighted by Gasteiger charge is 2.23. The maximum atomic E-state index is 9.36. The Hall–Kier alpha value is -0.900. The molecule has 1 aliphatic rings. The van der Waals surface area contributed by atoms with Crippen LogP contribution < -0.4 is 0 Å². The third kappa shape index (κ3) is 1.12. The van der Waals surface area contributed by atoms with Crippen molar-refractivity contribution in [3.8, 4) is 0 Å². The Kier molecular flexibility index (Phi) is 1.84. The van der Waals surface area contributed by atoms with E-state index in [2.05, 4.69) is 10.3 Å². The van der Waals surface area contributed by atoms with Crippen LogP contribution in [0.1, 0.15) is 44.0 Å². The van der Waals surface area contributed by atoms with E-state index < -0.39 is 6.10 Å². The first-order chi connectivity index (χ1) is 5.79. The fourth-order valence-electron chi connectivity index (χ4n) is 1.47. The Bertz CT molecular complexity index is 265. The van der Waals surface area contributed by atoms with Gasteiger partial charge < -0.3 is 5.11 Å². The van der Waals surface area contributed by atoms with Crippen LogP contribution in [0, 0.1) is 0 Å². The third-order valence-corrected chi connectivity index (χ3v) is 2.45. The summed E-state index contributed by atoms with van der Waals surface area (Å²) < 4.78 is 1.86. The quantitative estimate of drug-likeness (QED) is 0.716. The van der Waals surface area contributed by atoms with Crippen molar-refractivity contribution in [3.63, 3.8) is 0 Å². The van der Waals surface area contributed by atoms with E-state index in [-0.39, 0.29) is 0 Å². The first-order valence-electron chi connectivity index (χ1n) is 4.37. The highest BCUT2D eigenvalue weighted by molar-refractivity contribution is 5.00. The van der Waals surface area contributed by atoms with Gasteiger partial charge in [0, 0.05) is 0 Å². The smallest absolute Gasteiger partial charge is 0.0945 e. The number of nitrogens with zero attached hydrogens (tertiary/aromatic N) is 3. The highest BCUT2D eigenvalue weighted by atomic mass is 16.3. The van der Waals surface area contributed by atoms with Gasteiger partial charge in [0.2, 0.25) is 0 Å². The second kappa shape index (κ2) is 2.86. The molecule has 12 heavy (non-hydrogen) atoms. The zero-order valence-corrected chi connectivity index (χ0v) is 7.14. The largest absolute Gasteiger partial charge is 0.387 e. The molecule has 1 atom stereocenters. The fourth-order valence-corrected chi connectivity index (χ4v) is 1.47. The van der Waals surface area contributed by atoms with Crippen molar-refractivity contribution in [1.82, 2.24) is 15.0 Å². The predicted octanol–water partition coefficient (Wildman–Crippen LogP) is 1.06. The van der Waals surface area contributed by atoms with Crippen LogP contribution in [0.2, 0.25) is 0 Å². The van der Waals surface area contributed by atoms with Gasteiger partial charge in [0.15, 0.2) is 0 Å². The van der Waals surface area contributed by atoms with Crippen LogP contribution in [-0.4, -0.2) is 20.1 Å². The molecule has 0 amide bonds. The number of aliphatic hydroxyl groups is 1. The van der Waals surface area contributed by atoms with Crippen LogP contribution in [0.25, 0.3) is 0 Å². The zero-order valence-electron chi connectivity index (χ0n) is 7.14. The molecule has 1 fully saturated rings. The van der Waals surface area contributed by atoms with Gasteiger partial charge in [0.05, 0.1) is 24.0 Å². The standard InChI is InChI=1S/C8H13N3O/c1-6(12)8-5-9-10-11(8)7-3-2-4-7/h5-7,12H,2-4H2,1H3/t6-/m1/s1. The van der Waals surface area contributed by atoms with Gasteiger partial charge in [-0.3, -0.25) is 0 Å². The molecule has 1 saturated carbocycles. The van der Waals surface area contributed by atoms with Gasteiger partial charge in [0.25, 0.3) is 0 Å². The molecule has 1 aromatic heterocycles. The average molecular weight is 167 g/mol. The fraction of sp³-hybridized carbons (Fsp3) is 0.750. The van der Waals surface area contributed by atoms with Gasteiger partial charge in [-0.25, -0.2) is 4.68 Å². The summed E-state index contributed by atoms with van der Waals surface area (Å²) >= 11 is 0.